The van der Waals surface area contributed by atoms with E-state index in [-0.39, 0.29) is 17.7 Å². The summed E-state index contributed by atoms with van der Waals surface area (Å²) in [5, 5.41) is 0. The molecule has 5 nitrogen and oxygen atoms in total. The van der Waals surface area contributed by atoms with Crippen molar-refractivity contribution in [2.24, 2.45) is 11.7 Å². The molecule has 0 unspecified atom stereocenters. The zero-order chi connectivity index (χ0) is 16.1. The first kappa shape index (κ1) is 17.0. The number of halogens is 1. The molecule has 6 heteroatoms. The highest BCUT2D eigenvalue weighted by Gasteiger charge is 2.25. The van der Waals surface area contributed by atoms with Crippen molar-refractivity contribution in [3.8, 4) is 0 Å². The lowest BCUT2D eigenvalue weighted by Crippen LogP contribution is -2.45. The summed E-state index contributed by atoms with van der Waals surface area (Å²) in [7, 11) is 1.80. The number of likely N-dealkylation sites (N-methyl/N-ethyl adjacent to an activating group) is 1. The monoisotopic (exact) mass is 367 g/mol. The number of nitrogens with zero attached hydrogens (tertiary/aromatic N) is 2. The summed E-state index contributed by atoms with van der Waals surface area (Å²) in [6, 6.07) is 7.88. The molecule has 1 aromatic carbocycles. The first-order chi connectivity index (χ1) is 10.5. The highest BCUT2D eigenvalue weighted by molar-refractivity contribution is 9.10. The van der Waals surface area contributed by atoms with Crippen molar-refractivity contribution >= 4 is 27.7 Å². The molecule has 0 radical (unpaired) electrons. The third-order valence-corrected chi connectivity index (χ3v) is 4.83. The smallest absolute Gasteiger partial charge is 0.236 e. The van der Waals surface area contributed by atoms with Gasteiger partial charge in [0.15, 0.2) is 0 Å². The minimum Gasteiger partial charge on any atom is -0.369 e. The number of primary amides is 1. The van der Waals surface area contributed by atoms with E-state index in [1.165, 1.54) is 0 Å². The summed E-state index contributed by atoms with van der Waals surface area (Å²) in [4.78, 5) is 27.4. The fourth-order valence-corrected chi connectivity index (χ4v) is 3.12. The number of hydrogen-bond donors (Lipinski definition) is 1. The molecule has 22 heavy (non-hydrogen) atoms. The van der Waals surface area contributed by atoms with Crippen molar-refractivity contribution in [3.05, 3.63) is 34.3 Å². The number of benzene rings is 1. The van der Waals surface area contributed by atoms with Crippen LogP contribution >= 0.6 is 15.9 Å². The third kappa shape index (κ3) is 4.55. The Hall–Kier alpha value is -1.40. The van der Waals surface area contributed by atoms with Gasteiger partial charge in [0, 0.05) is 24.6 Å². The number of nitrogens with two attached hydrogens (primary N) is 1. The average molecular weight is 368 g/mol. The average Bonchev–Trinajstić information content (AvgIpc) is 2.49. The van der Waals surface area contributed by atoms with E-state index < -0.39 is 0 Å². The van der Waals surface area contributed by atoms with E-state index in [0.717, 1.165) is 29.4 Å². The predicted octanol–water partition coefficient (Wildman–Crippen LogP) is 1.60. The van der Waals surface area contributed by atoms with Gasteiger partial charge in [0.25, 0.3) is 0 Å². The quantitative estimate of drug-likeness (QED) is 0.859. The van der Waals surface area contributed by atoms with Crippen LogP contribution in [0.4, 0.5) is 0 Å². The van der Waals surface area contributed by atoms with E-state index in [1.807, 2.05) is 29.2 Å². The number of piperidine rings is 1. The highest BCUT2D eigenvalue weighted by atomic mass is 79.9. The molecular weight excluding hydrogens is 346 g/mol. The number of likely N-dealkylation sites (tertiary alicyclic amines) is 1. The normalized spacial score (nSPS) is 18.9. The van der Waals surface area contributed by atoms with Crippen LogP contribution in [0.3, 0.4) is 0 Å². The molecule has 0 spiro atoms. The number of rotatable bonds is 5. The summed E-state index contributed by atoms with van der Waals surface area (Å²) in [6.07, 6.45) is 1.74. The second-order valence-electron chi connectivity index (χ2n) is 5.82. The maximum atomic E-state index is 12.4. The molecule has 1 fully saturated rings. The Bertz CT molecular complexity index is 550. The summed E-state index contributed by atoms with van der Waals surface area (Å²) in [5.74, 6) is -0.338. The topological polar surface area (TPSA) is 66.6 Å². The molecule has 1 aliphatic rings. The summed E-state index contributed by atoms with van der Waals surface area (Å²) in [5.41, 5.74) is 6.45. The summed E-state index contributed by atoms with van der Waals surface area (Å²) >= 11 is 3.50. The van der Waals surface area contributed by atoms with Gasteiger partial charge in [0.1, 0.15) is 0 Å². The molecule has 2 amide bonds. The van der Waals surface area contributed by atoms with Crippen molar-refractivity contribution < 1.29 is 9.59 Å². The van der Waals surface area contributed by atoms with Crippen LogP contribution in [0.1, 0.15) is 18.4 Å². The largest absolute Gasteiger partial charge is 0.369 e. The van der Waals surface area contributed by atoms with E-state index in [2.05, 4.69) is 15.9 Å². The highest BCUT2D eigenvalue weighted by Crippen LogP contribution is 2.18. The van der Waals surface area contributed by atoms with Crippen LogP contribution < -0.4 is 5.73 Å². The van der Waals surface area contributed by atoms with Gasteiger partial charge >= 0.3 is 0 Å². The first-order valence-electron chi connectivity index (χ1n) is 7.46. The minimum absolute atomic E-state index is 0.0564. The minimum atomic E-state index is -0.265. The second kappa shape index (κ2) is 7.74. The molecule has 0 bridgehead atoms. The number of carbonyl (C=O) groups is 2. The van der Waals surface area contributed by atoms with E-state index in [1.54, 1.807) is 11.9 Å². The number of hydrogen-bond acceptors (Lipinski definition) is 3. The Morgan fingerprint density at radius 2 is 2.14 bits per heavy atom. The molecule has 0 saturated carbocycles. The third-order valence-electron chi connectivity index (χ3n) is 4.06. The van der Waals surface area contributed by atoms with Crippen LogP contribution in [0.2, 0.25) is 0 Å². The zero-order valence-corrected chi connectivity index (χ0v) is 14.4. The lowest BCUT2D eigenvalue weighted by Gasteiger charge is -2.31. The van der Waals surface area contributed by atoms with Gasteiger partial charge < -0.3 is 10.6 Å². The van der Waals surface area contributed by atoms with Crippen molar-refractivity contribution in [3.63, 3.8) is 0 Å². The molecule has 2 N–H and O–H groups in total. The van der Waals surface area contributed by atoms with Crippen LogP contribution in [0.25, 0.3) is 0 Å². The zero-order valence-electron chi connectivity index (χ0n) is 12.8. The molecule has 0 aliphatic carbocycles. The van der Waals surface area contributed by atoms with Gasteiger partial charge in [-0.3, -0.25) is 14.5 Å². The molecule has 1 saturated heterocycles. The van der Waals surface area contributed by atoms with Gasteiger partial charge in [-0.15, -0.1) is 0 Å². The Kier molecular flexibility index (Phi) is 5.97. The van der Waals surface area contributed by atoms with Gasteiger partial charge in [-0.2, -0.15) is 0 Å². The Morgan fingerprint density at radius 1 is 1.41 bits per heavy atom. The van der Waals surface area contributed by atoms with Crippen LogP contribution in [-0.2, 0) is 16.1 Å². The second-order valence-corrected chi connectivity index (χ2v) is 6.67. The molecule has 1 heterocycles. The Balaban J connectivity index is 1.88. The Morgan fingerprint density at radius 3 is 2.82 bits per heavy atom. The summed E-state index contributed by atoms with van der Waals surface area (Å²) in [6.45, 7) is 2.33. The maximum absolute atomic E-state index is 12.4. The summed E-state index contributed by atoms with van der Waals surface area (Å²) < 4.78 is 1.00. The fourth-order valence-electron chi connectivity index (χ4n) is 2.71. The van der Waals surface area contributed by atoms with Crippen molar-refractivity contribution in [2.45, 2.75) is 19.4 Å². The van der Waals surface area contributed by atoms with Crippen molar-refractivity contribution in [1.82, 2.24) is 9.80 Å². The van der Waals surface area contributed by atoms with Gasteiger partial charge in [0.05, 0.1) is 12.5 Å². The molecule has 1 aliphatic heterocycles. The molecule has 0 aromatic heterocycles. The first-order valence-corrected chi connectivity index (χ1v) is 8.25. The van der Waals surface area contributed by atoms with E-state index in [4.69, 9.17) is 5.73 Å². The van der Waals surface area contributed by atoms with Gasteiger partial charge in [-0.25, -0.2) is 0 Å². The lowest BCUT2D eigenvalue weighted by atomic mass is 9.97. The maximum Gasteiger partial charge on any atom is 0.236 e. The van der Waals surface area contributed by atoms with Crippen LogP contribution in [0.15, 0.2) is 28.7 Å². The van der Waals surface area contributed by atoms with Crippen LogP contribution in [0, 0.1) is 5.92 Å². The number of carbonyl (C=O) groups excluding carboxylic acids is 2. The van der Waals surface area contributed by atoms with Gasteiger partial charge in [-0.1, -0.05) is 34.1 Å². The van der Waals surface area contributed by atoms with Gasteiger partial charge in [0.2, 0.25) is 11.8 Å². The van der Waals surface area contributed by atoms with Crippen LogP contribution in [-0.4, -0.2) is 48.3 Å². The number of amides is 2. The Labute approximate surface area is 139 Å². The lowest BCUT2D eigenvalue weighted by molar-refractivity contribution is -0.133. The molecule has 1 aromatic rings. The molecular formula is C16H22BrN3O2. The van der Waals surface area contributed by atoms with E-state index in [0.29, 0.717) is 19.6 Å². The predicted molar refractivity (Wildman–Crippen MR) is 89.0 cm³/mol. The molecule has 1 atom stereocenters. The van der Waals surface area contributed by atoms with Crippen molar-refractivity contribution in [2.75, 3.05) is 26.7 Å². The van der Waals surface area contributed by atoms with Gasteiger partial charge in [-0.05, 0) is 31.0 Å². The molecule has 120 valence electrons. The fraction of sp³-hybridized carbons (Fsp3) is 0.500. The van der Waals surface area contributed by atoms with E-state index >= 15 is 0 Å². The molecule has 2 rings (SSSR count). The van der Waals surface area contributed by atoms with E-state index in [9.17, 15) is 9.59 Å². The van der Waals surface area contributed by atoms with Crippen LogP contribution in [0.5, 0.6) is 0 Å². The standard InChI is InChI=1S/C16H22BrN3O2/c1-19(9-12-5-2-3-7-14(12)17)15(21)11-20-8-4-6-13(10-20)16(18)22/h2-3,5,7,13H,4,6,8-11H2,1H3,(H2,18,22)/t13-/m0/s1. The SMILES string of the molecule is CN(Cc1ccccc1Br)C(=O)CN1CCC[C@H](C(N)=O)C1. The van der Waals surface area contributed by atoms with Crippen molar-refractivity contribution in [1.29, 1.82) is 0 Å².